The molecule has 2 fully saturated rings. The number of rotatable bonds is 6. The maximum atomic E-state index is 12.4. The fraction of sp³-hybridized carbons (Fsp3) is 0.714. The molecule has 0 saturated carbocycles. The molecule has 0 aromatic rings. The van der Waals surface area contributed by atoms with Crippen LogP contribution in [0.4, 0.5) is 0 Å². The number of carbonyl (C=O) groups is 4. The number of halogens is 1. The van der Waals surface area contributed by atoms with Gasteiger partial charge in [0.15, 0.2) is 0 Å². The average Bonchev–Trinajstić information content (AvgIpc) is 2.51. The normalized spacial score (nSPS) is 28.1. The highest BCUT2D eigenvalue weighted by Crippen LogP contribution is 2.42. The number of nitrogens with two attached hydrogens (primary N) is 1. The Kier molecular flexibility index (Phi) is 7.06. The fourth-order valence-corrected chi connectivity index (χ4v) is 4.02. The summed E-state index contributed by atoms with van der Waals surface area (Å²) in [4.78, 5) is 48.2. The molecule has 1 amide bonds. The Morgan fingerprint density at radius 3 is 2.62 bits per heavy atom. The predicted octanol–water partition coefficient (Wildman–Crippen LogP) is -0.278. The molecule has 0 radical (unpaired) electrons. The van der Waals surface area contributed by atoms with E-state index in [1.165, 1.54) is 23.6 Å². The molecule has 2 unspecified atom stereocenters. The van der Waals surface area contributed by atoms with E-state index in [2.05, 4.69) is 0 Å². The van der Waals surface area contributed by atoms with Crippen LogP contribution >= 0.6 is 24.2 Å². The van der Waals surface area contributed by atoms with Gasteiger partial charge in [0.2, 0.25) is 5.91 Å². The van der Waals surface area contributed by atoms with Gasteiger partial charge in [0.25, 0.3) is 0 Å². The second kappa shape index (κ2) is 8.17. The van der Waals surface area contributed by atoms with Crippen molar-refractivity contribution in [3.8, 4) is 0 Å². The molecule has 0 aromatic carbocycles. The van der Waals surface area contributed by atoms with Crippen LogP contribution in [0.2, 0.25) is 0 Å². The molecular formula is C14H21ClN2O6S. The van der Waals surface area contributed by atoms with Crippen molar-refractivity contribution in [1.29, 1.82) is 0 Å². The first-order valence-corrected chi connectivity index (χ1v) is 8.35. The Bertz CT molecular complexity index is 545. The highest BCUT2D eigenvalue weighted by Gasteiger charge is 2.56. The minimum atomic E-state index is -1.13. The number of esters is 2. The van der Waals surface area contributed by atoms with Crippen LogP contribution < -0.4 is 5.73 Å². The third-order valence-corrected chi connectivity index (χ3v) is 5.41. The van der Waals surface area contributed by atoms with Gasteiger partial charge in [-0.15, -0.1) is 24.2 Å². The molecule has 8 nitrogen and oxygen atoms in total. The first-order valence-electron chi connectivity index (χ1n) is 7.30. The number of thioether (sulfide) groups is 1. The van der Waals surface area contributed by atoms with Crippen LogP contribution in [0, 0.1) is 5.41 Å². The molecule has 24 heavy (non-hydrogen) atoms. The van der Waals surface area contributed by atoms with Gasteiger partial charge in [0, 0.05) is 12.3 Å². The number of Topliss-reactive ketones (excluding diaryl/α,β-unsaturated/α-hetero) is 1. The summed E-state index contributed by atoms with van der Waals surface area (Å²) in [6.45, 7) is 3.02. The van der Waals surface area contributed by atoms with Gasteiger partial charge in [-0.1, -0.05) is 0 Å². The molecule has 136 valence electrons. The summed E-state index contributed by atoms with van der Waals surface area (Å²) in [5, 5.41) is -0.155. The molecule has 2 aliphatic heterocycles. The number of amides is 1. The lowest BCUT2D eigenvalue weighted by molar-refractivity contribution is -0.168. The molecule has 2 rings (SSSR count). The number of ketones is 1. The van der Waals surface area contributed by atoms with E-state index in [1.54, 1.807) is 6.92 Å². The van der Waals surface area contributed by atoms with E-state index in [-0.39, 0.29) is 55.7 Å². The van der Waals surface area contributed by atoms with Crippen LogP contribution in [0.15, 0.2) is 0 Å². The third kappa shape index (κ3) is 4.01. The zero-order valence-electron chi connectivity index (χ0n) is 13.5. The van der Waals surface area contributed by atoms with Gasteiger partial charge in [-0.2, -0.15) is 0 Å². The summed E-state index contributed by atoms with van der Waals surface area (Å²) in [6.07, 6.45) is -0.345. The van der Waals surface area contributed by atoms with Gasteiger partial charge in [0.1, 0.15) is 35.6 Å². The molecule has 2 aliphatic rings. The molecule has 0 spiro atoms. The summed E-state index contributed by atoms with van der Waals surface area (Å²) in [7, 11) is 0. The number of β-lactam (4-membered cyclic amide) rings is 1. The monoisotopic (exact) mass is 380 g/mol. The molecule has 10 heteroatoms. The van der Waals surface area contributed by atoms with Crippen molar-refractivity contribution >= 4 is 47.8 Å². The van der Waals surface area contributed by atoms with Crippen LogP contribution in [-0.4, -0.2) is 65.5 Å². The van der Waals surface area contributed by atoms with Crippen LogP contribution in [0.3, 0.4) is 0 Å². The lowest BCUT2D eigenvalue weighted by Crippen LogP contribution is -2.72. The Labute approximate surface area is 150 Å². The highest BCUT2D eigenvalue weighted by molar-refractivity contribution is 8.00. The zero-order chi connectivity index (χ0) is 17.2. The summed E-state index contributed by atoms with van der Waals surface area (Å²) in [6, 6.07) is -0.555. The van der Waals surface area contributed by atoms with Crippen molar-refractivity contribution in [3.05, 3.63) is 0 Å². The molecule has 0 bridgehead atoms. The molecule has 2 saturated heterocycles. The maximum absolute atomic E-state index is 12.4. The Hall–Kier alpha value is -1.32. The first kappa shape index (κ1) is 20.7. The van der Waals surface area contributed by atoms with Gasteiger partial charge in [-0.05, 0) is 13.8 Å². The van der Waals surface area contributed by atoms with E-state index in [4.69, 9.17) is 15.2 Å². The Morgan fingerprint density at radius 1 is 1.38 bits per heavy atom. The molecule has 2 N–H and O–H groups in total. The van der Waals surface area contributed by atoms with Crippen molar-refractivity contribution in [2.45, 2.75) is 31.7 Å². The zero-order valence-corrected chi connectivity index (χ0v) is 15.1. The van der Waals surface area contributed by atoms with E-state index < -0.39 is 23.4 Å². The van der Waals surface area contributed by atoms with Gasteiger partial charge in [0.05, 0.1) is 6.61 Å². The first-order chi connectivity index (χ1) is 10.8. The SMILES string of the molecule is CCOC(=O)C1(COC(=O)CC(C)=O)CS[C@@H]2C(N)C(=O)N2C1.Cl. The molecule has 2 heterocycles. The summed E-state index contributed by atoms with van der Waals surface area (Å²) >= 11 is 1.37. The number of carbonyl (C=O) groups excluding carboxylic acids is 4. The van der Waals surface area contributed by atoms with Crippen LogP contribution in [0.1, 0.15) is 20.3 Å². The van der Waals surface area contributed by atoms with Crippen molar-refractivity contribution in [3.63, 3.8) is 0 Å². The van der Waals surface area contributed by atoms with Gasteiger partial charge >= 0.3 is 11.9 Å². The third-order valence-electron chi connectivity index (χ3n) is 3.80. The average molecular weight is 381 g/mol. The summed E-state index contributed by atoms with van der Waals surface area (Å²) in [5.74, 6) is -1.43. The second-order valence-corrected chi connectivity index (χ2v) is 6.84. The molecule has 3 atom stereocenters. The van der Waals surface area contributed by atoms with Crippen LogP contribution in [0.5, 0.6) is 0 Å². The standard InChI is InChI=1S/C14H20N2O6S.ClH/c1-3-21-13(20)14(6-22-9(18)4-8(2)17)5-16-11(19)10(15)12(16)23-7-14;/h10,12H,3-7,15H2,1-2H3;1H/t10?,12-,14?;/m1./s1. The number of hydrogen-bond acceptors (Lipinski definition) is 8. The highest BCUT2D eigenvalue weighted by atomic mass is 35.5. The number of nitrogens with zero attached hydrogens (tertiary/aromatic N) is 1. The molecule has 0 aromatic heterocycles. The second-order valence-electron chi connectivity index (χ2n) is 5.73. The van der Waals surface area contributed by atoms with E-state index in [0.29, 0.717) is 5.75 Å². The molecule has 0 aliphatic carbocycles. The fourth-order valence-electron chi connectivity index (χ4n) is 2.56. The van der Waals surface area contributed by atoms with E-state index in [9.17, 15) is 19.2 Å². The number of ether oxygens (including phenoxy) is 2. The predicted molar refractivity (Wildman–Crippen MR) is 88.5 cm³/mol. The van der Waals surface area contributed by atoms with E-state index in [0.717, 1.165) is 0 Å². The maximum Gasteiger partial charge on any atom is 0.318 e. The Balaban J connectivity index is 0.00000288. The quantitative estimate of drug-likeness (QED) is 0.380. The van der Waals surface area contributed by atoms with Crippen molar-refractivity contribution in [2.24, 2.45) is 11.1 Å². The number of hydrogen-bond donors (Lipinski definition) is 1. The largest absolute Gasteiger partial charge is 0.465 e. The van der Waals surface area contributed by atoms with Crippen LogP contribution in [0.25, 0.3) is 0 Å². The van der Waals surface area contributed by atoms with E-state index >= 15 is 0 Å². The van der Waals surface area contributed by atoms with Crippen molar-refractivity contribution in [2.75, 3.05) is 25.5 Å². The Morgan fingerprint density at radius 2 is 2.04 bits per heavy atom. The summed E-state index contributed by atoms with van der Waals surface area (Å²) in [5.41, 5.74) is 4.60. The van der Waals surface area contributed by atoms with Crippen molar-refractivity contribution < 1.29 is 28.7 Å². The lowest BCUT2D eigenvalue weighted by Gasteiger charge is -2.52. The lowest BCUT2D eigenvalue weighted by atomic mass is 9.88. The minimum absolute atomic E-state index is 0. The van der Waals surface area contributed by atoms with Gasteiger partial charge in [-0.25, -0.2) is 0 Å². The van der Waals surface area contributed by atoms with Crippen molar-refractivity contribution in [1.82, 2.24) is 4.90 Å². The van der Waals surface area contributed by atoms with Gasteiger partial charge in [-0.3, -0.25) is 19.2 Å². The summed E-state index contributed by atoms with van der Waals surface area (Å²) < 4.78 is 10.2. The molecular weight excluding hydrogens is 360 g/mol. The van der Waals surface area contributed by atoms with E-state index in [1.807, 2.05) is 0 Å². The van der Waals surface area contributed by atoms with Gasteiger partial charge < -0.3 is 20.1 Å². The topological polar surface area (TPSA) is 116 Å². The minimum Gasteiger partial charge on any atom is -0.465 e. The smallest absolute Gasteiger partial charge is 0.318 e. The van der Waals surface area contributed by atoms with Crippen LogP contribution in [-0.2, 0) is 28.7 Å². The number of fused-ring (bicyclic) bond motifs is 1.